The number of pyridine rings is 1. The molecule has 3 aromatic rings. The zero-order valence-electron chi connectivity index (χ0n) is 12.8. The summed E-state index contributed by atoms with van der Waals surface area (Å²) >= 11 is 1.69. The molecule has 0 radical (unpaired) electrons. The van der Waals surface area contributed by atoms with Crippen LogP contribution in [0.3, 0.4) is 0 Å². The topological polar surface area (TPSA) is 67.1 Å². The summed E-state index contributed by atoms with van der Waals surface area (Å²) in [6.07, 6.45) is 7.20. The van der Waals surface area contributed by atoms with Gasteiger partial charge in [-0.1, -0.05) is 6.07 Å². The van der Waals surface area contributed by atoms with Gasteiger partial charge >= 0.3 is 0 Å². The molecule has 0 aromatic carbocycles. The number of aliphatic imine (C=N–C) groups is 1. The Hall–Kier alpha value is -2.67. The normalized spacial score (nSPS) is 11.4. The summed E-state index contributed by atoms with van der Waals surface area (Å²) in [5.41, 5.74) is 2.34. The second-order valence-corrected chi connectivity index (χ2v) is 5.69. The summed E-state index contributed by atoms with van der Waals surface area (Å²) in [5.74, 6) is 1.63. The van der Waals surface area contributed by atoms with Crippen LogP contribution in [0.4, 0.5) is 0 Å². The van der Waals surface area contributed by atoms with Gasteiger partial charge in [0.15, 0.2) is 5.96 Å². The van der Waals surface area contributed by atoms with Gasteiger partial charge in [-0.3, -0.25) is 9.56 Å². The van der Waals surface area contributed by atoms with E-state index in [-0.39, 0.29) is 0 Å². The predicted molar refractivity (Wildman–Crippen MR) is 92.7 cm³/mol. The van der Waals surface area contributed by atoms with Crippen molar-refractivity contribution in [3.63, 3.8) is 0 Å². The average molecular weight is 326 g/mol. The van der Waals surface area contributed by atoms with E-state index in [9.17, 15) is 0 Å². The van der Waals surface area contributed by atoms with Crippen LogP contribution in [0, 0.1) is 0 Å². The molecule has 0 aliphatic carbocycles. The Morgan fingerprint density at radius 1 is 1.22 bits per heavy atom. The van der Waals surface area contributed by atoms with Crippen molar-refractivity contribution in [3.8, 4) is 5.82 Å². The van der Waals surface area contributed by atoms with Gasteiger partial charge in [0.25, 0.3) is 0 Å². The zero-order valence-corrected chi connectivity index (χ0v) is 13.6. The van der Waals surface area contributed by atoms with Crippen molar-refractivity contribution >= 4 is 17.3 Å². The Morgan fingerprint density at radius 2 is 2.09 bits per heavy atom. The first-order chi connectivity index (χ1) is 11.3. The van der Waals surface area contributed by atoms with E-state index < -0.39 is 0 Å². The zero-order chi connectivity index (χ0) is 15.9. The van der Waals surface area contributed by atoms with Gasteiger partial charge in [-0.25, -0.2) is 9.97 Å². The van der Waals surface area contributed by atoms with Crippen molar-refractivity contribution in [3.05, 3.63) is 65.0 Å². The van der Waals surface area contributed by atoms with Crippen LogP contribution in [0.5, 0.6) is 0 Å². The Bertz CT molecular complexity index is 731. The molecule has 0 atom stereocenters. The summed E-state index contributed by atoms with van der Waals surface area (Å²) in [7, 11) is 1.77. The molecule has 0 aliphatic rings. The second-order valence-electron chi connectivity index (χ2n) is 4.91. The van der Waals surface area contributed by atoms with Crippen molar-refractivity contribution in [2.24, 2.45) is 4.99 Å². The first-order valence-electron chi connectivity index (χ1n) is 7.24. The maximum absolute atomic E-state index is 4.44. The van der Waals surface area contributed by atoms with Crippen LogP contribution in [-0.2, 0) is 13.1 Å². The molecule has 0 aliphatic heterocycles. The van der Waals surface area contributed by atoms with Gasteiger partial charge in [-0.2, -0.15) is 11.3 Å². The molecule has 0 fully saturated rings. The van der Waals surface area contributed by atoms with Gasteiger partial charge in [-0.15, -0.1) is 0 Å². The van der Waals surface area contributed by atoms with E-state index in [1.807, 2.05) is 29.1 Å². The highest BCUT2D eigenvalue weighted by molar-refractivity contribution is 7.07. The molecule has 0 bridgehead atoms. The van der Waals surface area contributed by atoms with Gasteiger partial charge < -0.3 is 10.6 Å². The van der Waals surface area contributed by atoms with E-state index in [1.54, 1.807) is 30.9 Å². The minimum atomic E-state index is 0.667. The summed E-state index contributed by atoms with van der Waals surface area (Å²) in [6, 6.07) is 6.12. The van der Waals surface area contributed by atoms with Gasteiger partial charge in [0.05, 0.1) is 0 Å². The standard InChI is InChI=1S/C16H18N6S/c1-17-16(21-10-14-4-7-23-11-14)20-9-13-2-3-15(19-8-13)22-6-5-18-12-22/h2-8,11-12H,9-10H2,1H3,(H2,17,20,21). The highest BCUT2D eigenvalue weighted by atomic mass is 32.1. The third-order valence-corrected chi connectivity index (χ3v) is 4.03. The smallest absolute Gasteiger partial charge is 0.191 e. The van der Waals surface area contributed by atoms with Crippen molar-refractivity contribution in [1.82, 2.24) is 25.2 Å². The molecule has 118 valence electrons. The number of imidazole rings is 1. The number of aromatic nitrogens is 3. The molecule has 3 aromatic heterocycles. The lowest BCUT2D eigenvalue weighted by molar-refractivity contribution is 0.807. The van der Waals surface area contributed by atoms with E-state index in [2.05, 4.69) is 42.4 Å². The average Bonchev–Trinajstić information content (AvgIpc) is 3.29. The van der Waals surface area contributed by atoms with E-state index in [0.717, 1.165) is 23.9 Å². The molecule has 3 rings (SSSR count). The molecule has 0 spiro atoms. The van der Waals surface area contributed by atoms with Crippen LogP contribution in [0.1, 0.15) is 11.1 Å². The first-order valence-corrected chi connectivity index (χ1v) is 8.18. The minimum Gasteiger partial charge on any atom is -0.352 e. The fourth-order valence-electron chi connectivity index (χ4n) is 2.05. The van der Waals surface area contributed by atoms with Crippen LogP contribution in [0.15, 0.2) is 58.9 Å². The Balaban J connectivity index is 1.52. The number of nitrogens with one attached hydrogen (secondary N) is 2. The van der Waals surface area contributed by atoms with Gasteiger partial charge in [0.1, 0.15) is 12.1 Å². The third-order valence-electron chi connectivity index (χ3n) is 3.30. The third kappa shape index (κ3) is 4.17. The summed E-state index contributed by atoms with van der Waals surface area (Å²) < 4.78 is 1.87. The van der Waals surface area contributed by atoms with Crippen LogP contribution >= 0.6 is 11.3 Å². The molecule has 0 amide bonds. The first kappa shape index (κ1) is 15.2. The number of nitrogens with zero attached hydrogens (tertiary/aromatic N) is 4. The SMILES string of the molecule is CN=C(NCc1ccc(-n2ccnc2)nc1)NCc1ccsc1. The van der Waals surface area contributed by atoms with Crippen LogP contribution in [0.2, 0.25) is 0 Å². The molecule has 0 saturated carbocycles. The second kappa shape index (κ2) is 7.55. The molecule has 3 heterocycles. The van der Waals surface area contributed by atoms with Gasteiger partial charge in [-0.05, 0) is 34.0 Å². The molecule has 23 heavy (non-hydrogen) atoms. The largest absolute Gasteiger partial charge is 0.352 e. The van der Waals surface area contributed by atoms with Gasteiger partial charge in [0.2, 0.25) is 0 Å². The predicted octanol–water partition coefficient (Wildman–Crippen LogP) is 2.19. The maximum Gasteiger partial charge on any atom is 0.191 e. The lowest BCUT2D eigenvalue weighted by atomic mass is 10.3. The monoisotopic (exact) mass is 326 g/mol. The van der Waals surface area contributed by atoms with Crippen molar-refractivity contribution in [2.45, 2.75) is 13.1 Å². The van der Waals surface area contributed by atoms with Crippen molar-refractivity contribution in [1.29, 1.82) is 0 Å². The highest BCUT2D eigenvalue weighted by Gasteiger charge is 2.01. The lowest BCUT2D eigenvalue weighted by Crippen LogP contribution is -2.36. The van der Waals surface area contributed by atoms with Crippen LogP contribution in [0.25, 0.3) is 5.82 Å². The Morgan fingerprint density at radius 3 is 2.70 bits per heavy atom. The molecule has 2 N–H and O–H groups in total. The van der Waals surface area contributed by atoms with E-state index in [1.165, 1.54) is 5.56 Å². The van der Waals surface area contributed by atoms with E-state index >= 15 is 0 Å². The molecule has 0 saturated heterocycles. The van der Waals surface area contributed by atoms with E-state index in [4.69, 9.17) is 0 Å². The van der Waals surface area contributed by atoms with Crippen molar-refractivity contribution < 1.29 is 0 Å². The molecule has 7 heteroatoms. The molecular weight excluding hydrogens is 308 g/mol. The number of hydrogen-bond acceptors (Lipinski definition) is 4. The number of guanidine groups is 1. The Labute approximate surface area is 138 Å². The van der Waals surface area contributed by atoms with Gasteiger partial charge in [0, 0.05) is 38.7 Å². The number of thiophene rings is 1. The lowest BCUT2D eigenvalue weighted by Gasteiger charge is -2.11. The van der Waals surface area contributed by atoms with Crippen LogP contribution in [-0.4, -0.2) is 27.5 Å². The molecule has 6 nitrogen and oxygen atoms in total. The number of hydrogen-bond donors (Lipinski definition) is 2. The maximum atomic E-state index is 4.44. The van der Waals surface area contributed by atoms with E-state index in [0.29, 0.717) is 6.54 Å². The Kier molecular flexibility index (Phi) is 5.00. The molecular formula is C16H18N6S. The summed E-state index contributed by atoms with van der Waals surface area (Å²) in [5, 5.41) is 10.8. The fraction of sp³-hybridized carbons (Fsp3) is 0.188. The molecule has 0 unspecified atom stereocenters. The summed E-state index contributed by atoms with van der Waals surface area (Å²) in [6.45, 7) is 1.43. The minimum absolute atomic E-state index is 0.667. The van der Waals surface area contributed by atoms with Crippen LogP contribution < -0.4 is 10.6 Å². The fourth-order valence-corrected chi connectivity index (χ4v) is 2.72. The quantitative estimate of drug-likeness (QED) is 0.557. The van der Waals surface area contributed by atoms with Crippen molar-refractivity contribution in [2.75, 3.05) is 7.05 Å². The summed E-state index contributed by atoms with van der Waals surface area (Å²) in [4.78, 5) is 12.7. The highest BCUT2D eigenvalue weighted by Crippen LogP contribution is 2.06. The number of rotatable bonds is 5.